The van der Waals surface area contributed by atoms with Crippen LogP contribution >= 0.6 is 0 Å². The Morgan fingerprint density at radius 1 is 1.20 bits per heavy atom. The van der Waals surface area contributed by atoms with E-state index in [1.54, 1.807) is 24.1 Å². The monoisotopic (exact) mass is 348 g/mol. The molecule has 25 heavy (non-hydrogen) atoms. The van der Waals surface area contributed by atoms with Gasteiger partial charge in [0, 0.05) is 39.4 Å². The van der Waals surface area contributed by atoms with Crippen molar-refractivity contribution in [2.45, 2.75) is 0 Å². The van der Waals surface area contributed by atoms with E-state index in [0.717, 1.165) is 13.1 Å². The van der Waals surface area contributed by atoms with Gasteiger partial charge in [-0.2, -0.15) is 0 Å². The third kappa shape index (κ3) is 4.26. The molecule has 0 aromatic carbocycles. The molecule has 3 rings (SSSR count). The molecule has 2 aliphatic rings. The molecule has 1 aromatic rings. The van der Waals surface area contributed by atoms with Gasteiger partial charge < -0.3 is 24.6 Å². The number of nitrogens with zero attached hydrogens (tertiary/aromatic N) is 3. The standard InChI is InChI=1S/C17H24N4O4/c1-20-8-12-10-21(11-13(12)9-20)17(23)16(22)19-14-3-4-15(18-7-14)25-6-5-24-2/h3-4,7,12-13H,5-6,8-11H2,1-2H3,(H,19,22)/t12-,13+. The first-order valence-electron chi connectivity index (χ1n) is 8.43. The first-order chi connectivity index (χ1) is 12.1. The van der Waals surface area contributed by atoms with E-state index in [4.69, 9.17) is 9.47 Å². The maximum absolute atomic E-state index is 12.3. The number of nitrogens with one attached hydrogen (secondary N) is 1. The second-order valence-corrected chi connectivity index (χ2v) is 6.63. The number of hydrogen-bond acceptors (Lipinski definition) is 6. The fourth-order valence-corrected chi connectivity index (χ4v) is 3.49. The first kappa shape index (κ1) is 17.6. The molecule has 2 atom stereocenters. The number of fused-ring (bicyclic) bond motifs is 1. The highest BCUT2D eigenvalue weighted by Crippen LogP contribution is 2.30. The summed E-state index contributed by atoms with van der Waals surface area (Å²) in [6, 6.07) is 3.31. The highest BCUT2D eigenvalue weighted by Gasteiger charge is 2.41. The van der Waals surface area contributed by atoms with Gasteiger partial charge in [0.15, 0.2) is 0 Å². The summed E-state index contributed by atoms with van der Waals surface area (Å²) < 4.78 is 10.3. The van der Waals surface area contributed by atoms with Crippen molar-refractivity contribution < 1.29 is 19.1 Å². The largest absolute Gasteiger partial charge is 0.475 e. The van der Waals surface area contributed by atoms with Gasteiger partial charge in [0.2, 0.25) is 5.88 Å². The van der Waals surface area contributed by atoms with E-state index in [0.29, 0.717) is 49.7 Å². The van der Waals surface area contributed by atoms with Crippen molar-refractivity contribution in [2.24, 2.45) is 11.8 Å². The Balaban J connectivity index is 1.49. The van der Waals surface area contributed by atoms with Crippen molar-refractivity contribution >= 4 is 17.5 Å². The SMILES string of the molecule is COCCOc1ccc(NC(=O)C(=O)N2C[C@H]3CN(C)C[C@H]3C2)cn1. The zero-order valence-corrected chi connectivity index (χ0v) is 14.6. The second-order valence-electron chi connectivity index (χ2n) is 6.63. The molecule has 8 nitrogen and oxygen atoms in total. The Hall–Kier alpha value is -2.19. The third-order valence-corrected chi connectivity index (χ3v) is 4.68. The van der Waals surface area contributed by atoms with Crippen LogP contribution in [-0.2, 0) is 14.3 Å². The molecular weight excluding hydrogens is 324 g/mol. The molecule has 1 N–H and O–H groups in total. The quantitative estimate of drug-likeness (QED) is 0.599. The lowest BCUT2D eigenvalue weighted by molar-refractivity contribution is -0.142. The highest BCUT2D eigenvalue weighted by atomic mass is 16.5. The van der Waals surface area contributed by atoms with Crippen LogP contribution in [0.3, 0.4) is 0 Å². The predicted octanol–water partition coefficient (Wildman–Crippen LogP) is 0.0653. The number of hydrogen-bond donors (Lipinski definition) is 1. The zero-order valence-electron chi connectivity index (χ0n) is 14.6. The normalized spacial score (nSPS) is 22.7. The maximum atomic E-state index is 12.3. The minimum absolute atomic E-state index is 0.403. The van der Waals surface area contributed by atoms with Crippen molar-refractivity contribution in [1.29, 1.82) is 0 Å². The number of likely N-dealkylation sites (tertiary alicyclic amines) is 2. The molecule has 136 valence electrons. The Morgan fingerprint density at radius 2 is 1.92 bits per heavy atom. The molecule has 0 aliphatic carbocycles. The van der Waals surface area contributed by atoms with E-state index in [1.807, 2.05) is 0 Å². The van der Waals surface area contributed by atoms with Crippen LogP contribution in [0.5, 0.6) is 5.88 Å². The molecule has 2 saturated heterocycles. The van der Waals surface area contributed by atoms with Crippen LogP contribution in [0.4, 0.5) is 5.69 Å². The summed E-state index contributed by atoms with van der Waals surface area (Å²) in [5, 5.41) is 2.60. The van der Waals surface area contributed by atoms with Crippen LogP contribution in [0.2, 0.25) is 0 Å². The molecule has 0 spiro atoms. The first-order valence-corrected chi connectivity index (χ1v) is 8.43. The molecule has 8 heteroatoms. The van der Waals surface area contributed by atoms with Gasteiger partial charge in [-0.3, -0.25) is 9.59 Å². The van der Waals surface area contributed by atoms with E-state index in [2.05, 4.69) is 22.2 Å². The maximum Gasteiger partial charge on any atom is 0.313 e. The number of rotatable bonds is 5. The lowest BCUT2D eigenvalue weighted by Crippen LogP contribution is -2.39. The van der Waals surface area contributed by atoms with Gasteiger partial charge in [0.25, 0.3) is 0 Å². The average Bonchev–Trinajstić information content (AvgIpc) is 3.13. The third-order valence-electron chi connectivity index (χ3n) is 4.68. The zero-order chi connectivity index (χ0) is 17.8. The molecular formula is C17H24N4O4. The van der Waals surface area contributed by atoms with Gasteiger partial charge >= 0.3 is 11.8 Å². The Bertz CT molecular complexity index is 608. The number of ether oxygens (including phenoxy) is 2. The smallest absolute Gasteiger partial charge is 0.313 e. The van der Waals surface area contributed by atoms with E-state index in [-0.39, 0.29) is 0 Å². The number of pyridine rings is 1. The molecule has 2 amide bonds. The van der Waals surface area contributed by atoms with Gasteiger partial charge in [-0.1, -0.05) is 0 Å². The molecule has 0 radical (unpaired) electrons. The summed E-state index contributed by atoms with van der Waals surface area (Å²) in [7, 11) is 3.69. The number of carbonyl (C=O) groups is 2. The fourth-order valence-electron chi connectivity index (χ4n) is 3.49. The summed E-state index contributed by atoms with van der Waals surface area (Å²) in [4.78, 5) is 32.6. The average molecular weight is 348 g/mol. The van der Waals surface area contributed by atoms with Crippen LogP contribution in [0, 0.1) is 11.8 Å². The summed E-state index contributed by atoms with van der Waals surface area (Å²) in [6.45, 7) is 4.18. The van der Waals surface area contributed by atoms with E-state index >= 15 is 0 Å². The minimum Gasteiger partial charge on any atom is -0.475 e. The van der Waals surface area contributed by atoms with Crippen LogP contribution in [0.15, 0.2) is 18.3 Å². The lowest BCUT2D eigenvalue weighted by Gasteiger charge is -2.18. The van der Waals surface area contributed by atoms with Crippen molar-refractivity contribution in [3.05, 3.63) is 18.3 Å². The molecule has 2 aliphatic heterocycles. The van der Waals surface area contributed by atoms with Crippen molar-refractivity contribution in [3.63, 3.8) is 0 Å². The van der Waals surface area contributed by atoms with Gasteiger partial charge in [-0.15, -0.1) is 0 Å². The fraction of sp³-hybridized carbons (Fsp3) is 0.588. The number of anilines is 1. The molecule has 2 fully saturated rings. The topological polar surface area (TPSA) is 84.0 Å². The number of amides is 2. The van der Waals surface area contributed by atoms with Gasteiger partial charge in [-0.05, 0) is 24.9 Å². The van der Waals surface area contributed by atoms with Crippen molar-refractivity contribution in [3.8, 4) is 5.88 Å². The van der Waals surface area contributed by atoms with Gasteiger partial charge in [0.05, 0.1) is 18.5 Å². The van der Waals surface area contributed by atoms with Gasteiger partial charge in [-0.25, -0.2) is 4.98 Å². The van der Waals surface area contributed by atoms with Crippen LogP contribution in [0.25, 0.3) is 0 Å². The number of carbonyl (C=O) groups excluding carboxylic acids is 2. The molecule has 0 bridgehead atoms. The van der Waals surface area contributed by atoms with Gasteiger partial charge in [0.1, 0.15) is 6.61 Å². The Labute approximate surface area is 147 Å². The molecule has 3 heterocycles. The highest BCUT2D eigenvalue weighted by molar-refractivity contribution is 6.39. The lowest BCUT2D eigenvalue weighted by atomic mass is 10.0. The summed E-state index contributed by atoms with van der Waals surface area (Å²) in [5.41, 5.74) is 0.469. The summed E-state index contributed by atoms with van der Waals surface area (Å²) in [6.07, 6.45) is 1.47. The molecule has 1 aromatic heterocycles. The summed E-state index contributed by atoms with van der Waals surface area (Å²) in [5.74, 6) is 0.303. The van der Waals surface area contributed by atoms with Crippen molar-refractivity contribution in [1.82, 2.24) is 14.8 Å². The van der Waals surface area contributed by atoms with E-state index in [9.17, 15) is 9.59 Å². The van der Waals surface area contributed by atoms with Crippen LogP contribution in [0.1, 0.15) is 0 Å². The van der Waals surface area contributed by atoms with Crippen LogP contribution in [-0.4, -0.2) is 80.1 Å². The van der Waals surface area contributed by atoms with E-state index in [1.165, 1.54) is 6.20 Å². The minimum atomic E-state index is -0.622. The van der Waals surface area contributed by atoms with Crippen molar-refractivity contribution in [2.75, 3.05) is 58.9 Å². The number of methoxy groups -OCH3 is 1. The number of aromatic nitrogens is 1. The predicted molar refractivity (Wildman–Crippen MR) is 91.3 cm³/mol. The Morgan fingerprint density at radius 3 is 2.52 bits per heavy atom. The van der Waals surface area contributed by atoms with Crippen LogP contribution < -0.4 is 10.1 Å². The Kier molecular flexibility index (Phi) is 5.50. The second kappa shape index (κ2) is 7.79. The van der Waals surface area contributed by atoms with E-state index < -0.39 is 11.8 Å². The molecule has 0 saturated carbocycles. The molecule has 0 unspecified atom stereocenters. The summed E-state index contributed by atoms with van der Waals surface area (Å²) >= 11 is 0.